The number of hydrogen-bond acceptors (Lipinski definition) is 3. The van der Waals surface area contributed by atoms with E-state index in [1.807, 2.05) is 0 Å². The Kier molecular flexibility index (Phi) is 4.41. The highest BCUT2D eigenvalue weighted by atomic mass is 32.2. The van der Waals surface area contributed by atoms with E-state index in [-0.39, 0.29) is 5.12 Å². The molecule has 82 valence electrons. The zero-order valence-electron chi connectivity index (χ0n) is 9.45. The van der Waals surface area contributed by atoms with Gasteiger partial charge in [-0.3, -0.25) is 9.69 Å². The van der Waals surface area contributed by atoms with Crippen molar-refractivity contribution in [3.63, 3.8) is 0 Å². The van der Waals surface area contributed by atoms with Gasteiger partial charge in [0.05, 0.1) is 32.4 Å². The lowest BCUT2D eigenvalue weighted by Gasteiger charge is -2.40. The molecule has 14 heavy (non-hydrogen) atoms. The lowest BCUT2D eigenvalue weighted by Crippen LogP contribution is -2.57. The third-order valence-corrected chi connectivity index (χ3v) is 3.77. The number of carbonyl (C=O) groups excluding carboxylic acids is 1. The largest absolute Gasteiger partial charge is 0.323 e. The molecule has 0 radical (unpaired) electrons. The van der Waals surface area contributed by atoms with Crippen LogP contribution in [-0.2, 0) is 4.79 Å². The van der Waals surface area contributed by atoms with Crippen molar-refractivity contribution in [1.82, 2.24) is 4.90 Å². The Bertz CT molecular complexity index is 200. The van der Waals surface area contributed by atoms with E-state index in [9.17, 15) is 4.79 Å². The first-order valence-electron chi connectivity index (χ1n) is 5.17. The Balaban J connectivity index is 2.25. The van der Waals surface area contributed by atoms with E-state index in [1.165, 1.54) is 37.9 Å². The molecule has 1 aliphatic heterocycles. The van der Waals surface area contributed by atoms with Gasteiger partial charge in [-0.2, -0.15) is 0 Å². The molecule has 0 saturated carbocycles. The third-order valence-electron chi connectivity index (χ3n) is 2.98. The molecule has 0 bridgehead atoms. The maximum atomic E-state index is 10.8. The molecule has 1 aliphatic rings. The highest BCUT2D eigenvalue weighted by Crippen LogP contribution is 2.11. The molecule has 0 N–H and O–H groups in total. The molecule has 3 nitrogen and oxygen atoms in total. The van der Waals surface area contributed by atoms with E-state index in [2.05, 4.69) is 19.0 Å². The highest BCUT2D eigenvalue weighted by Gasteiger charge is 2.26. The van der Waals surface area contributed by atoms with Crippen molar-refractivity contribution in [3.8, 4) is 0 Å². The van der Waals surface area contributed by atoms with Crippen LogP contribution in [0.5, 0.6) is 0 Å². The van der Waals surface area contributed by atoms with Crippen LogP contribution in [0.25, 0.3) is 0 Å². The molecule has 1 fully saturated rings. The summed E-state index contributed by atoms with van der Waals surface area (Å²) < 4.78 is 1.13. The Morgan fingerprint density at radius 2 is 2.00 bits per heavy atom. The standard InChI is InChI=1S/C10H21N2OS/c1-10(13)14-9-8-12(3)6-4-11(2)5-7-12/h4-9H2,1-3H3/q+1. The summed E-state index contributed by atoms with van der Waals surface area (Å²) in [5, 5.41) is 0.241. The molecule has 1 saturated heterocycles. The van der Waals surface area contributed by atoms with E-state index in [4.69, 9.17) is 0 Å². The smallest absolute Gasteiger partial charge is 0.186 e. The second-order valence-corrected chi connectivity index (χ2v) is 5.71. The minimum absolute atomic E-state index is 0.241. The number of hydrogen-bond donors (Lipinski definition) is 0. The molecule has 0 aliphatic carbocycles. The normalized spacial score (nSPS) is 22.2. The second-order valence-electron chi connectivity index (χ2n) is 4.43. The van der Waals surface area contributed by atoms with Crippen LogP contribution in [0.2, 0.25) is 0 Å². The minimum atomic E-state index is 0.241. The van der Waals surface area contributed by atoms with E-state index in [1.54, 1.807) is 6.92 Å². The Hall–Kier alpha value is -0.0600. The molecule has 0 atom stereocenters. The summed E-state index contributed by atoms with van der Waals surface area (Å²) in [7, 11) is 4.47. The number of quaternary nitrogens is 1. The molecule has 4 heteroatoms. The molecule has 0 spiro atoms. The molecule has 0 unspecified atom stereocenters. The van der Waals surface area contributed by atoms with Crippen LogP contribution in [0, 0.1) is 0 Å². The average molecular weight is 217 g/mol. The summed E-state index contributed by atoms with van der Waals surface area (Å²) >= 11 is 1.46. The SMILES string of the molecule is CC(=O)SCC[N+]1(C)CCN(C)CC1. The van der Waals surface area contributed by atoms with Crippen molar-refractivity contribution < 1.29 is 9.28 Å². The first-order chi connectivity index (χ1) is 6.52. The number of carbonyl (C=O) groups is 1. The van der Waals surface area contributed by atoms with Gasteiger partial charge < -0.3 is 4.48 Å². The van der Waals surface area contributed by atoms with Crippen molar-refractivity contribution in [1.29, 1.82) is 0 Å². The minimum Gasteiger partial charge on any atom is -0.323 e. The summed E-state index contributed by atoms with van der Waals surface area (Å²) in [6.45, 7) is 7.57. The highest BCUT2D eigenvalue weighted by molar-refractivity contribution is 8.13. The van der Waals surface area contributed by atoms with Crippen LogP contribution in [0.4, 0.5) is 0 Å². The number of likely N-dealkylation sites (N-methyl/N-ethyl adjacent to an activating group) is 2. The summed E-state index contributed by atoms with van der Waals surface area (Å²) in [5.41, 5.74) is 0. The zero-order chi connectivity index (χ0) is 10.6. The number of rotatable bonds is 3. The van der Waals surface area contributed by atoms with Crippen molar-refractivity contribution in [3.05, 3.63) is 0 Å². The number of nitrogens with zero attached hydrogens (tertiary/aromatic N) is 2. The molecule has 0 aromatic heterocycles. The van der Waals surface area contributed by atoms with Crippen molar-refractivity contribution in [2.75, 3.05) is 52.6 Å². The fourth-order valence-electron chi connectivity index (χ4n) is 1.68. The van der Waals surface area contributed by atoms with Crippen molar-refractivity contribution in [2.45, 2.75) is 6.92 Å². The maximum absolute atomic E-state index is 10.8. The fraction of sp³-hybridized carbons (Fsp3) is 0.900. The van der Waals surface area contributed by atoms with Gasteiger partial charge in [0.15, 0.2) is 5.12 Å². The third kappa shape index (κ3) is 3.98. The van der Waals surface area contributed by atoms with Gasteiger partial charge in [0.2, 0.25) is 0 Å². The summed E-state index contributed by atoms with van der Waals surface area (Å²) in [5.74, 6) is 0.968. The second kappa shape index (κ2) is 5.14. The lowest BCUT2D eigenvalue weighted by molar-refractivity contribution is -0.911. The molecule has 1 rings (SSSR count). The van der Waals surface area contributed by atoms with Crippen LogP contribution in [0.3, 0.4) is 0 Å². The molecule has 1 heterocycles. The monoisotopic (exact) mass is 217 g/mol. The predicted octanol–water partition coefficient (Wildman–Crippen LogP) is 0.658. The quantitative estimate of drug-likeness (QED) is 0.648. The van der Waals surface area contributed by atoms with E-state index < -0.39 is 0 Å². The van der Waals surface area contributed by atoms with E-state index >= 15 is 0 Å². The summed E-state index contributed by atoms with van der Waals surface area (Å²) in [6.07, 6.45) is 0. The predicted molar refractivity (Wildman–Crippen MR) is 61.4 cm³/mol. The van der Waals surface area contributed by atoms with Gasteiger partial charge in [0.1, 0.15) is 0 Å². The van der Waals surface area contributed by atoms with Gasteiger partial charge in [0, 0.05) is 20.0 Å². The Labute approximate surface area is 91.0 Å². The van der Waals surface area contributed by atoms with Crippen molar-refractivity contribution in [2.24, 2.45) is 0 Å². The van der Waals surface area contributed by atoms with Gasteiger partial charge in [-0.25, -0.2) is 0 Å². The number of thioether (sulfide) groups is 1. The number of piperazine rings is 1. The topological polar surface area (TPSA) is 20.3 Å². The van der Waals surface area contributed by atoms with Crippen molar-refractivity contribution >= 4 is 16.9 Å². The fourth-order valence-corrected chi connectivity index (χ4v) is 2.50. The van der Waals surface area contributed by atoms with Gasteiger partial charge in [0.25, 0.3) is 0 Å². The van der Waals surface area contributed by atoms with E-state index in [0.717, 1.165) is 16.8 Å². The summed E-state index contributed by atoms with van der Waals surface area (Å²) in [4.78, 5) is 13.2. The van der Waals surface area contributed by atoms with Crippen LogP contribution >= 0.6 is 11.8 Å². The van der Waals surface area contributed by atoms with Gasteiger partial charge >= 0.3 is 0 Å². The van der Waals surface area contributed by atoms with Crippen LogP contribution in [-0.4, -0.2) is 67.1 Å². The van der Waals surface area contributed by atoms with Crippen LogP contribution in [0.15, 0.2) is 0 Å². The van der Waals surface area contributed by atoms with Gasteiger partial charge in [-0.1, -0.05) is 11.8 Å². The maximum Gasteiger partial charge on any atom is 0.186 e. The molecule has 0 aromatic carbocycles. The van der Waals surface area contributed by atoms with E-state index in [0.29, 0.717) is 0 Å². The summed E-state index contributed by atoms with van der Waals surface area (Å²) in [6, 6.07) is 0. The molecule has 0 amide bonds. The molecular formula is C10H21N2OS+. The molecular weight excluding hydrogens is 196 g/mol. The van der Waals surface area contributed by atoms with Crippen LogP contribution < -0.4 is 0 Å². The first kappa shape index (κ1) is 12.0. The van der Waals surface area contributed by atoms with Crippen LogP contribution in [0.1, 0.15) is 6.92 Å². The lowest BCUT2D eigenvalue weighted by atomic mass is 10.3. The zero-order valence-corrected chi connectivity index (χ0v) is 10.3. The first-order valence-corrected chi connectivity index (χ1v) is 6.16. The van der Waals surface area contributed by atoms with Gasteiger partial charge in [-0.05, 0) is 7.05 Å². The average Bonchev–Trinajstić information content (AvgIpc) is 2.10. The Morgan fingerprint density at radius 3 is 2.50 bits per heavy atom. The molecule has 0 aromatic rings. The van der Waals surface area contributed by atoms with Gasteiger partial charge in [-0.15, -0.1) is 0 Å². The Morgan fingerprint density at radius 1 is 1.43 bits per heavy atom.